The maximum atomic E-state index is 12.0. The minimum absolute atomic E-state index is 0.240. The molecule has 0 spiro atoms. The minimum atomic E-state index is -0.813. The molecule has 2 aromatic rings. The van der Waals surface area contributed by atoms with Crippen LogP contribution in [0.4, 0.5) is 0 Å². The number of aromatic nitrogens is 4. The lowest BCUT2D eigenvalue weighted by molar-refractivity contribution is -0.129. The van der Waals surface area contributed by atoms with Crippen LogP contribution in [0, 0.1) is 0 Å². The van der Waals surface area contributed by atoms with E-state index in [0.29, 0.717) is 5.56 Å². The van der Waals surface area contributed by atoms with Crippen LogP contribution in [0.3, 0.4) is 0 Å². The van der Waals surface area contributed by atoms with E-state index in [1.54, 1.807) is 31.2 Å². The molecule has 8 nitrogen and oxygen atoms in total. The van der Waals surface area contributed by atoms with E-state index in [-0.39, 0.29) is 11.9 Å². The fourth-order valence-electron chi connectivity index (χ4n) is 1.86. The molecule has 1 N–H and O–H groups in total. The molecule has 0 radical (unpaired) electrons. The standard InChI is InChI=1S/C14H15N5O3/c1-9(13(20)16-11-4-5-11)22-14(21)10-2-6-12(7-3-10)19-8-15-17-18-19/h2-3,6-9,11H,4-5H2,1H3,(H,16,20)/t9-/m1/s1. The monoisotopic (exact) mass is 301 g/mol. The van der Waals surface area contributed by atoms with Gasteiger partial charge in [-0.2, -0.15) is 0 Å². The fourth-order valence-corrected chi connectivity index (χ4v) is 1.86. The summed E-state index contributed by atoms with van der Waals surface area (Å²) in [4.78, 5) is 23.8. The van der Waals surface area contributed by atoms with Crippen LogP contribution in [0.15, 0.2) is 30.6 Å². The lowest BCUT2D eigenvalue weighted by Crippen LogP contribution is -2.37. The number of hydrogen-bond acceptors (Lipinski definition) is 6. The molecule has 1 amide bonds. The molecule has 0 bridgehead atoms. The Morgan fingerprint density at radius 1 is 1.32 bits per heavy atom. The van der Waals surface area contributed by atoms with E-state index >= 15 is 0 Å². The molecule has 114 valence electrons. The Hall–Kier alpha value is -2.77. The van der Waals surface area contributed by atoms with Gasteiger partial charge in [0.25, 0.3) is 5.91 Å². The highest BCUT2D eigenvalue weighted by Gasteiger charge is 2.27. The predicted molar refractivity (Wildman–Crippen MR) is 75.2 cm³/mol. The molecule has 1 aromatic carbocycles. The number of carbonyl (C=O) groups is 2. The highest BCUT2D eigenvalue weighted by Crippen LogP contribution is 2.19. The van der Waals surface area contributed by atoms with Gasteiger partial charge in [-0.25, -0.2) is 9.48 Å². The van der Waals surface area contributed by atoms with E-state index < -0.39 is 12.1 Å². The maximum absolute atomic E-state index is 12.0. The van der Waals surface area contributed by atoms with E-state index in [0.717, 1.165) is 18.5 Å². The second-order valence-corrected chi connectivity index (χ2v) is 5.13. The van der Waals surface area contributed by atoms with Crippen molar-refractivity contribution in [3.8, 4) is 5.69 Å². The number of nitrogens with zero attached hydrogens (tertiary/aromatic N) is 4. The molecule has 1 heterocycles. The molecule has 3 rings (SSSR count). The van der Waals surface area contributed by atoms with Crippen LogP contribution in [-0.4, -0.2) is 44.2 Å². The molecule has 0 saturated heterocycles. The van der Waals surface area contributed by atoms with Crippen molar-refractivity contribution in [3.05, 3.63) is 36.2 Å². The Morgan fingerprint density at radius 3 is 2.64 bits per heavy atom. The molecule has 8 heteroatoms. The minimum Gasteiger partial charge on any atom is -0.449 e. The normalized spacial score (nSPS) is 15.1. The van der Waals surface area contributed by atoms with Gasteiger partial charge in [0.2, 0.25) is 0 Å². The Morgan fingerprint density at radius 2 is 2.05 bits per heavy atom. The average Bonchev–Trinajstić information content (AvgIpc) is 3.17. The largest absolute Gasteiger partial charge is 0.449 e. The highest BCUT2D eigenvalue weighted by atomic mass is 16.5. The first-order valence-corrected chi connectivity index (χ1v) is 6.98. The summed E-state index contributed by atoms with van der Waals surface area (Å²) in [5, 5.41) is 13.6. The summed E-state index contributed by atoms with van der Waals surface area (Å²) >= 11 is 0. The van der Waals surface area contributed by atoms with Crippen molar-refractivity contribution in [1.29, 1.82) is 0 Å². The molecule has 1 aliphatic rings. The number of rotatable bonds is 5. The van der Waals surface area contributed by atoms with Gasteiger partial charge < -0.3 is 10.1 Å². The van der Waals surface area contributed by atoms with E-state index in [1.807, 2.05) is 0 Å². The summed E-state index contributed by atoms with van der Waals surface area (Å²) in [6, 6.07) is 6.84. The van der Waals surface area contributed by atoms with Crippen molar-refractivity contribution in [2.75, 3.05) is 0 Å². The zero-order chi connectivity index (χ0) is 15.5. The lowest BCUT2D eigenvalue weighted by atomic mass is 10.2. The third-order valence-corrected chi connectivity index (χ3v) is 3.29. The SMILES string of the molecule is C[C@@H](OC(=O)c1ccc(-n2cnnn2)cc1)C(=O)NC1CC1. The summed E-state index contributed by atoms with van der Waals surface area (Å²) in [7, 11) is 0. The van der Waals surface area contributed by atoms with Gasteiger partial charge in [-0.1, -0.05) is 0 Å². The van der Waals surface area contributed by atoms with Crippen LogP contribution in [-0.2, 0) is 9.53 Å². The Kier molecular flexibility index (Phi) is 3.82. The third-order valence-electron chi connectivity index (χ3n) is 3.29. The summed E-state index contributed by atoms with van der Waals surface area (Å²) in [6.07, 6.45) is 2.63. The Balaban J connectivity index is 1.60. The van der Waals surface area contributed by atoms with Gasteiger partial charge in [0.05, 0.1) is 11.3 Å². The number of ether oxygens (including phenoxy) is 1. The zero-order valence-corrected chi connectivity index (χ0v) is 12.0. The smallest absolute Gasteiger partial charge is 0.338 e. The number of esters is 1. The molecule has 0 unspecified atom stereocenters. The van der Waals surface area contributed by atoms with Crippen molar-refractivity contribution in [1.82, 2.24) is 25.5 Å². The molecular weight excluding hydrogens is 286 g/mol. The van der Waals surface area contributed by atoms with Crippen LogP contribution in [0.1, 0.15) is 30.1 Å². The van der Waals surface area contributed by atoms with Crippen molar-refractivity contribution >= 4 is 11.9 Å². The van der Waals surface area contributed by atoms with E-state index in [2.05, 4.69) is 20.8 Å². The number of benzene rings is 1. The zero-order valence-electron chi connectivity index (χ0n) is 12.0. The predicted octanol–water partition coefficient (Wildman–Crippen LogP) is 0.486. The van der Waals surface area contributed by atoms with Crippen molar-refractivity contribution in [3.63, 3.8) is 0 Å². The number of hydrogen-bond donors (Lipinski definition) is 1. The van der Waals surface area contributed by atoms with Crippen LogP contribution >= 0.6 is 0 Å². The topological polar surface area (TPSA) is 99.0 Å². The van der Waals surface area contributed by atoms with Crippen LogP contribution in [0.2, 0.25) is 0 Å². The second-order valence-electron chi connectivity index (χ2n) is 5.13. The van der Waals surface area contributed by atoms with Gasteiger partial charge in [0, 0.05) is 6.04 Å². The van der Waals surface area contributed by atoms with Crippen molar-refractivity contribution in [2.45, 2.75) is 31.9 Å². The molecule has 1 saturated carbocycles. The van der Waals surface area contributed by atoms with Crippen LogP contribution in [0.5, 0.6) is 0 Å². The van der Waals surface area contributed by atoms with Gasteiger partial charge in [-0.15, -0.1) is 5.10 Å². The summed E-state index contributed by atoms with van der Waals surface area (Å²) in [6.45, 7) is 1.56. The quantitative estimate of drug-likeness (QED) is 0.807. The maximum Gasteiger partial charge on any atom is 0.338 e. The van der Waals surface area contributed by atoms with Gasteiger partial charge in [-0.05, 0) is 54.5 Å². The summed E-state index contributed by atoms with van der Waals surface area (Å²) in [5.41, 5.74) is 1.09. The first kappa shape index (κ1) is 14.2. The average molecular weight is 301 g/mol. The molecule has 1 aliphatic carbocycles. The Bertz CT molecular complexity index is 664. The van der Waals surface area contributed by atoms with Gasteiger partial charge in [0.15, 0.2) is 6.10 Å². The molecule has 1 fully saturated rings. The van der Waals surface area contributed by atoms with E-state index in [1.165, 1.54) is 11.0 Å². The number of nitrogens with one attached hydrogen (secondary N) is 1. The van der Waals surface area contributed by atoms with E-state index in [4.69, 9.17) is 4.74 Å². The molecule has 22 heavy (non-hydrogen) atoms. The van der Waals surface area contributed by atoms with Crippen LogP contribution < -0.4 is 5.32 Å². The second kappa shape index (κ2) is 5.92. The molecule has 1 atom stereocenters. The highest BCUT2D eigenvalue weighted by molar-refractivity contribution is 5.92. The van der Waals surface area contributed by atoms with Crippen molar-refractivity contribution in [2.24, 2.45) is 0 Å². The number of amides is 1. The van der Waals surface area contributed by atoms with E-state index in [9.17, 15) is 9.59 Å². The lowest BCUT2D eigenvalue weighted by Gasteiger charge is -2.13. The Labute approximate surface area is 126 Å². The molecule has 0 aliphatic heterocycles. The van der Waals surface area contributed by atoms with Crippen LogP contribution in [0.25, 0.3) is 5.69 Å². The summed E-state index contributed by atoms with van der Waals surface area (Å²) < 4.78 is 6.63. The van der Waals surface area contributed by atoms with Gasteiger partial charge in [-0.3, -0.25) is 4.79 Å². The first-order chi connectivity index (χ1) is 10.6. The van der Waals surface area contributed by atoms with Gasteiger partial charge in [0.1, 0.15) is 6.33 Å². The molecular formula is C14H15N5O3. The number of carbonyl (C=O) groups excluding carboxylic acids is 2. The van der Waals surface area contributed by atoms with Gasteiger partial charge >= 0.3 is 5.97 Å². The fraction of sp³-hybridized carbons (Fsp3) is 0.357. The van der Waals surface area contributed by atoms with Crippen molar-refractivity contribution < 1.29 is 14.3 Å². The first-order valence-electron chi connectivity index (χ1n) is 6.98. The third kappa shape index (κ3) is 3.27. The summed E-state index contributed by atoms with van der Waals surface area (Å²) in [5.74, 6) is -0.803. The number of tetrazole rings is 1. The molecule has 1 aromatic heterocycles.